The number of amides is 1. The standard InChI is InChI=1S/C27H29F4N3O3/c1-16-18(6-5-7-20(16)27(29,30)31)17(2)33-22-8-11-32-23-15-24(36-3)21(14-19(22)23)26(28)9-12-34(13-10-26)25(35)37-4/h5-8,11,14-15,17H,9-10,12-13H2,1-4H3,(H,32,33)/t17-/m1/s1. The van der Waals surface area contributed by atoms with Gasteiger partial charge in [-0.2, -0.15) is 13.2 Å². The molecule has 3 aromatic rings. The van der Waals surface area contributed by atoms with Crippen LogP contribution in [0.25, 0.3) is 10.9 Å². The zero-order valence-corrected chi connectivity index (χ0v) is 21.1. The van der Waals surface area contributed by atoms with Crippen LogP contribution >= 0.6 is 0 Å². The molecule has 0 unspecified atom stereocenters. The van der Waals surface area contributed by atoms with Crippen LogP contribution in [0.1, 0.15) is 48.1 Å². The molecular weight excluding hydrogens is 490 g/mol. The molecule has 0 bridgehead atoms. The van der Waals surface area contributed by atoms with Gasteiger partial charge in [-0.3, -0.25) is 4.98 Å². The Bertz CT molecular complexity index is 1300. The molecule has 2 aromatic carbocycles. The van der Waals surface area contributed by atoms with Crippen molar-refractivity contribution >= 4 is 22.7 Å². The number of pyridine rings is 1. The van der Waals surface area contributed by atoms with E-state index in [4.69, 9.17) is 9.47 Å². The van der Waals surface area contributed by atoms with Crippen molar-refractivity contribution in [1.29, 1.82) is 0 Å². The lowest BCUT2D eigenvalue weighted by molar-refractivity contribution is -0.138. The van der Waals surface area contributed by atoms with Gasteiger partial charge in [-0.15, -0.1) is 0 Å². The van der Waals surface area contributed by atoms with Gasteiger partial charge in [-0.1, -0.05) is 12.1 Å². The second-order valence-electron chi connectivity index (χ2n) is 9.23. The molecule has 1 amide bonds. The zero-order chi connectivity index (χ0) is 27.0. The van der Waals surface area contributed by atoms with E-state index >= 15 is 4.39 Å². The second-order valence-corrected chi connectivity index (χ2v) is 9.23. The summed E-state index contributed by atoms with van der Waals surface area (Å²) in [5, 5.41) is 3.90. The number of fused-ring (bicyclic) bond motifs is 1. The van der Waals surface area contributed by atoms with E-state index < -0.39 is 29.5 Å². The first-order valence-corrected chi connectivity index (χ1v) is 11.9. The van der Waals surface area contributed by atoms with Gasteiger partial charge >= 0.3 is 12.3 Å². The Kier molecular flexibility index (Phi) is 7.21. The van der Waals surface area contributed by atoms with Crippen LogP contribution in [0.2, 0.25) is 0 Å². The quantitative estimate of drug-likeness (QED) is 0.377. The Balaban J connectivity index is 1.70. The monoisotopic (exact) mass is 519 g/mol. The first kappa shape index (κ1) is 26.5. The minimum atomic E-state index is -4.45. The fourth-order valence-electron chi connectivity index (χ4n) is 5.00. The molecular formula is C27H29F4N3O3. The maximum Gasteiger partial charge on any atom is 0.416 e. The second kappa shape index (κ2) is 10.1. The van der Waals surface area contributed by atoms with Crippen LogP contribution in [-0.2, 0) is 16.6 Å². The number of rotatable bonds is 5. The molecule has 1 atom stereocenters. The highest BCUT2D eigenvalue weighted by Gasteiger charge is 2.40. The van der Waals surface area contributed by atoms with Crippen LogP contribution in [0.3, 0.4) is 0 Å². The Morgan fingerprint density at radius 2 is 1.86 bits per heavy atom. The van der Waals surface area contributed by atoms with Crippen LogP contribution in [0.15, 0.2) is 42.6 Å². The minimum absolute atomic E-state index is 0.0623. The number of alkyl halides is 4. The van der Waals surface area contributed by atoms with Gasteiger partial charge in [0.05, 0.1) is 25.3 Å². The third-order valence-corrected chi connectivity index (χ3v) is 7.05. The number of carbonyl (C=O) groups is 1. The van der Waals surface area contributed by atoms with Crippen LogP contribution in [0.4, 0.5) is 28.0 Å². The highest BCUT2D eigenvalue weighted by Crippen LogP contribution is 2.44. The number of carbonyl (C=O) groups excluding carboxylic acids is 1. The normalized spacial score (nSPS) is 16.4. The molecule has 6 nitrogen and oxygen atoms in total. The summed E-state index contributed by atoms with van der Waals surface area (Å²) in [6.45, 7) is 3.61. The molecule has 0 spiro atoms. The van der Waals surface area contributed by atoms with E-state index in [1.165, 1.54) is 32.1 Å². The van der Waals surface area contributed by atoms with E-state index in [1.807, 2.05) is 0 Å². The summed E-state index contributed by atoms with van der Waals surface area (Å²) in [6, 6.07) is 8.70. The van der Waals surface area contributed by atoms with Crippen molar-refractivity contribution < 1.29 is 31.8 Å². The summed E-state index contributed by atoms with van der Waals surface area (Å²) in [5.41, 5.74) is -0.279. The van der Waals surface area contributed by atoms with Crippen molar-refractivity contribution in [1.82, 2.24) is 9.88 Å². The lowest BCUT2D eigenvalue weighted by atomic mass is 9.84. The number of likely N-dealkylation sites (tertiary alicyclic amines) is 1. The Morgan fingerprint density at radius 1 is 1.16 bits per heavy atom. The fraction of sp³-hybridized carbons (Fsp3) is 0.407. The van der Waals surface area contributed by atoms with E-state index in [9.17, 15) is 18.0 Å². The van der Waals surface area contributed by atoms with Crippen molar-refractivity contribution in [2.45, 2.75) is 44.6 Å². The summed E-state index contributed by atoms with van der Waals surface area (Å²) >= 11 is 0. The average molecular weight is 520 g/mol. The Hall–Kier alpha value is -3.56. The van der Waals surface area contributed by atoms with Crippen molar-refractivity contribution in [3.8, 4) is 5.75 Å². The molecule has 0 aliphatic carbocycles. The summed E-state index contributed by atoms with van der Waals surface area (Å²) in [4.78, 5) is 17.7. The first-order valence-electron chi connectivity index (χ1n) is 11.9. The molecule has 10 heteroatoms. The van der Waals surface area contributed by atoms with Gasteiger partial charge in [-0.25, -0.2) is 9.18 Å². The molecule has 1 N–H and O–H groups in total. The van der Waals surface area contributed by atoms with Gasteiger partial charge in [0.2, 0.25) is 0 Å². The number of piperidine rings is 1. The van der Waals surface area contributed by atoms with Crippen molar-refractivity contribution in [2.24, 2.45) is 0 Å². The van der Waals surface area contributed by atoms with Gasteiger partial charge in [0.25, 0.3) is 0 Å². The lowest BCUT2D eigenvalue weighted by Gasteiger charge is -2.36. The van der Waals surface area contributed by atoms with E-state index in [0.29, 0.717) is 33.5 Å². The molecule has 0 radical (unpaired) electrons. The molecule has 1 fully saturated rings. The lowest BCUT2D eigenvalue weighted by Crippen LogP contribution is -2.43. The molecule has 1 saturated heterocycles. The summed E-state index contributed by atoms with van der Waals surface area (Å²) in [5.74, 6) is 0.341. The topological polar surface area (TPSA) is 63.7 Å². The average Bonchev–Trinajstić information content (AvgIpc) is 2.87. The molecule has 4 rings (SSSR count). The number of aromatic nitrogens is 1. The van der Waals surface area contributed by atoms with Crippen molar-refractivity contribution in [3.63, 3.8) is 0 Å². The Morgan fingerprint density at radius 3 is 2.49 bits per heavy atom. The molecule has 198 valence electrons. The fourth-order valence-corrected chi connectivity index (χ4v) is 5.00. The SMILES string of the molecule is COC(=O)N1CCC(F)(c2cc3c(N[C@H](C)c4cccc(C(F)(F)F)c4C)ccnc3cc2OC)CC1. The number of anilines is 1. The Labute approximate surface area is 212 Å². The van der Waals surface area contributed by atoms with Crippen LogP contribution in [0.5, 0.6) is 5.75 Å². The molecule has 1 aromatic heterocycles. The molecule has 1 aliphatic heterocycles. The summed E-state index contributed by atoms with van der Waals surface area (Å²) in [6.07, 6.45) is -3.25. The minimum Gasteiger partial charge on any atom is -0.496 e. The smallest absolute Gasteiger partial charge is 0.416 e. The predicted molar refractivity (Wildman–Crippen MR) is 133 cm³/mol. The van der Waals surface area contributed by atoms with Gasteiger partial charge in [0.1, 0.15) is 11.4 Å². The number of hydrogen-bond donors (Lipinski definition) is 1. The van der Waals surface area contributed by atoms with Gasteiger partial charge in [0, 0.05) is 60.9 Å². The predicted octanol–water partition coefficient (Wildman–Crippen LogP) is 6.77. The highest BCUT2D eigenvalue weighted by atomic mass is 19.4. The van der Waals surface area contributed by atoms with Crippen LogP contribution < -0.4 is 10.1 Å². The van der Waals surface area contributed by atoms with E-state index in [-0.39, 0.29) is 31.5 Å². The number of methoxy groups -OCH3 is 2. The number of ether oxygens (including phenoxy) is 2. The van der Waals surface area contributed by atoms with E-state index in [2.05, 4.69) is 10.3 Å². The maximum atomic E-state index is 16.3. The van der Waals surface area contributed by atoms with Gasteiger partial charge in [0.15, 0.2) is 0 Å². The number of halogens is 4. The maximum absolute atomic E-state index is 16.3. The number of nitrogens with zero attached hydrogens (tertiary/aromatic N) is 2. The van der Waals surface area contributed by atoms with E-state index in [1.54, 1.807) is 37.4 Å². The number of nitrogens with one attached hydrogen (secondary N) is 1. The molecule has 37 heavy (non-hydrogen) atoms. The van der Waals surface area contributed by atoms with Crippen LogP contribution in [0, 0.1) is 6.92 Å². The summed E-state index contributed by atoms with van der Waals surface area (Å²) < 4.78 is 66.9. The number of hydrogen-bond acceptors (Lipinski definition) is 5. The first-order chi connectivity index (χ1) is 17.5. The number of benzene rings is 2. The van der Waals surface area contributed by atoms with Crippen molar-refractivity contribution in [3.05, 3.63) is 64.8 Å². The largest absolute Gasteiger partial charge is 0.496 e. The highest BCUT2D eigenvalue weighted by molar-refractivity contribution is 5.93. The van der Waals surface area contributed by atoms with Crippen LogP contribution in [-0.4, -0.2) is 43.3 Å². The third-order valence-electron chi connectivity index (χ3n) is 7.05. The van der Waals surface area contributed by atoms with Gasteiger partial charge in [-0.05, 0) is 43.2 Å². The van der Waals surface area contributed by atoms with Crippen molar-refractivity contribution in [2.75, 3.05) is 32.6 Å². The third kappa shape index (κ3) is 5.14. The molecule has 0 saturated carbocycles. The molecule has 2 heterocycles. The van der Waals surface area contributed by atoms with Gasteiger partial charge < -0.3 is 19.7 Å². The summed E-state index contributed by atoms with van der Waals surface area (Å²) in [7, 11) is 2.74. The zero-order valence-electron chi connectivity index (χ0n) is 21.1. The van der Waals surface area contributed by atoms with E-state index in [0.717, 1.165) is 6.07 Å². The molecule has 1 aliphatic rings.